The Labute approximate surface area is 204 Å². The van der Waals surface area contributed by atoms with Gasteiger partial charge in [-0.3, -0.25) is 10.5 Å². The second-order valence-electron chi connectivity index (χ2n) is 8.81. The van der Waals surface area contributed by atoms with E-state index in [4.69, 9.17) is 10.1 Å². The summed E-state index contributed by atoms with van der Waals surface area (Å²) in [5.74, 6) is 0.121. The molecule has 0 amide bonds. The second kappa shape index (κ2) is 10.1. The minimum absolute atomic E-state index is 0.143. The van der Waals surface area contributed by atoms with Crippen LogP contribution in [0.4, 0.5) is 4.39 Å². The third kappa shape index (κ3) is 4.80. The van der Waals surface area contributed by atoms with Crippen LogP contribution < -0.4 is 0 Å². The number of aromatic amines is 1. The first kappa shape index (κ1) is 22.8. The molecule has 5 heteroatoms. The molecule has 2 N–H and O–H groups in total. The molecule has 4 aromatic rings. The molecule has 0 aliphatic heterocycles. The van der Waals surface area contributed by atoms with Gasteiger partial charge in [-0.05, 0) is 77.3 Å². The summed E-state index contributed by atoms with van der Waals surface area (Å²) in [5, 5.41) is 14.8. The van der Waals surface area contributed by atoms with Crippen molar-refractivity contribution in [2.24, 2.45) is 5.92 Å². The van der Waals surface area contributed by atoms with Gasteiger partial charge in [0.25, 0.3) is 0 Å². The number of aromatic nitrogens is 2. The minimum atomic E-state index is -0.483. The van der Waals surface area contributed by atoms with Crippen LogP contribution in [0.3, 0.4) is 0 Å². The zero-order valence-electron chi connectivity index (χ0n) is 19.7. The first-order chi connectivity index (χ1) is 17.1. The Hall–Kier alpha value is -3.99. The predicted octanol–water partition coefficient (Wildman–Crippen LogP) is 7.49. The zero-order valence-corrected chi connectivity index (χ0v) is 19.7. The van der Waals surface area contributed by atoms with Crippen molar-refractivity contribution >= 4 is 34.0 Å². The summed E-state index contributed by atoms with van der Waals surface area (Å²) >= 11 is 0. The molecule has 0 atom stereocenters. The highest BCUT2D eigenvalue weighted by Gasteiger charge is 2.27. The quantitative estimate of drug-likeness (QED) is 0.169. The molecule has 0 bridgehead atoms. The van der Waals surface area contributed by atoms with Crippen molar-refractivity contribution in [3.63, 3.8) is 0 Å². The molecule has 0 spiro atoms. The van der Waals surface area contributed by atoms with Crippen molar-refractivity contribution in [3.05, 3.63) is 107 Å². The van der Waals surface area contributed by atoms with Crippen molar-refractivity contribution in [1.82, 2.24) is 10.2 Å². The first-order valence-corrected chi connectivity index (χ1v) is 12.1. The van der Waals surface area contributed by atoms with Crippen molar-refractivity contribution in [2.45, 2.75) is 26.2 Å². The highest BCUT2D eigenvalue weighted by atomic mass is 19.1. The number of ether oxygens (including phenoxy) is 1. The smallest absolute Gasteiger partial charge is 0.240 e. The Kier molecular flexibility index (Phi) is 6.57. The number of nitrogens with one attached hydrogen (secondary N) is 2. The molecule has 1 saturated carbocycles. The minimum Gasteiger partial charge on any atom is -0.478 e. The number of allylic oxidation sites excluding steroid dienone is 1. The Morgan fingerprint density at radius 1 is 1.03 bits per heavy atom. The summed E-state index contributed by atoms with van der Waals surface area (Å²) in [4.78, 5) is 0. The maximum atomic E-state index is 14.4. The van der Waals surface area contributed by atoms with Crippen LogP contribution >= 0.6 is 0 Å². The van der Waals surface area contributed by atoms with Crippen LogP contribution in [0, 0.1) is 17.3 Å². The largest absolute Gasteiger partial charge is 0.478 e. The molecule has 0 radical (unpaired) electrons. The van der Waals surface area contributed by atoms with E-state index in [0.29, 0.717) is 23.4 Å². The number of nitrogens with zero attached hydrogens (tertiary/aromatic N) is 1. The highest BCUT2D eigenvalue weighted by Crippen LogP contribution is 2.45. The van der Waals surface area contributed by atoms with Gasteiger partial charge in [0.05, 0.1) is 17.5 Å². The highest BCUT2D eigenvalue weighted by molar-refractivity contribution is 6.01. The Morgan fingerprint density at radius 3 is 2.46 bits per heavy atom. The zero-order chi connectivity index (χ0) is 24.2. The first-order valence-electron chi connectivity index (χ1n) is 12.1. The molecule has 3 aromatic carbocycles. The Morgan fingerprint density at radius 2 is 1.77 bits per heavy atom. The van der Waals surface area contributed by atoms with Gasteiger partial charge >= 0.3 is 0 Å². The predicted molar refractivity (Wildman–Crippen MR) is 141 cm³/mol. The van der Waals surface area contributed by atoms with E-state index in [1.165, 1.54) is 17.6 Å². The van der Waals surface area contributed by atoms with Gasteiger partial charge in [-0.2, -0.15) is 4.39 Å². The normalized spacial score (nSPS) is 14.7. The number of fused-ring (bicyclic) bond motifs is 1. The fourth-order valence-corrected chi connectivity index (χ4v) is 4.65. The lowest BCUT2D eigenvalue weighted by Gasteiger charge is -2.31. The van der Waals surface area contributed by atoms with Crippen molar-refractivity contribution in [3.8, 4) is 0 Å². The van der Waals surface area contributed by atoms with E-state index < -0.39 is 5.95 Å². The molecular weight excluding hydrogens is 437 g/mol. The van der Waals surface area contributed by atoms with Gasteiger partial charge in [0, 0.05) is 6.08 Å². The fourth-order valence-electron chi connectivity index (χ4n) is 4.65. The van der Waals surface area contributed by atoms with E-state index in [1.54, 1.807) is 6.08 Å². The van der Waals surface area contributed by atoms with Gasteiger partial charge in [-0.1, -0.05) is 67.1 Å². The average Bonchev–Trinajstić information content (AvgIpc) is 3.23. The summed E-state index contributed by atoms with van der Waals surface area (Å²) in [6.07, 6.45) is 7.06. The standard InChI is InChI=1S/C30H28FN3O/c1-2-35-27(32)18-13-20-11-14-23(15-12-20)29(24-16-17-26-25(19-24)30(31)34-33-26)28(22-9-6-10-22)21-7-4-3-5-8-21/h3-5,7-8,11-19,22,32H,2,6,9-10H2,1H3,(H,33,34)/b18-13+,29-28-,32-27?. The molecule has 1 aromatic heterocycles. The summed E-state index contributed by atoms with van der Waals surface area (Å²) in [6, 6.07) is 24.7. The van der Waals surface area contributed by atoms with E-state index in [2.05, 4.69) is 46.6 Å². The van der Waals surface area contributed by atoms with E-state index in [1.807, 2.05) is 49.4 Å². The third-order valence-corrected chi connectivity index (χ3v) is 6.60. The van der Waals surface area contributed by atoms with Gasteiger partial charge in [0.1, 0.15) is 0 Å². The summed E-state index contributed by atoms with van der Waals surface area (Å²) < 4.78 is 19.6. The fraction of sp³-hybridized carbons (Fsp3) is 0.200. The average molecular weight is 466 g/mol. The molecule has 4 nitrogen and oxygen atoms in total. The molecule has 176 valence electrons. The van der Waals surface area contributed by atoms with Crippen LogP contribution in [0.25, 0.3) is 28.1 Å². The summed E-state index contributed by atoms with van der Waals surface area (Å²) in [6.45, 7) is 2.34. The van der Waals surface area contributed by atoms with Crippen LogP contribution in [0.15, 0.2) is 78.9 Å². The lowest BCUT2D eigenvalue weighted by Crippen LogP contribution is -2.15. The molecule has 1 fully saturated rings. The molecule has 1 heterocycles. The van der Waals surface area contributed by atoms with E-state index in [9.17, 15) is 4.39 Å². The van der Waals surface area contributed by atoms with E-state index in [0.717, 1.165) is 35.1 Å². The number of benzene rings is 3. The van der Waals surface area contributed by atoms with Crippen LogP contribution in [0.2, 0.25) is 0 Å². The lowest BCUT2D eigenvalue weighted by molar-refractivity contribution is 0.327. The number of hydrogen-bond acceptors (Lipinski definition) is 3. The second-order valence-corrected chi connectivity index (χ2v) is 8.81. The maximum absolute atomic E-state index is 14.4. The molecule has 0 unspecified atom stereocenters. The molecule has 1 aliphatic rings. The number of H-pyrrole nitrogens is 1. The molecule has 35 heavy (non-hydrogen) atoms. The van der Waals surface area contributed by atoms with Crippen molar-refractivity contribution in [2.75, 3.05) is 6.61 Å². The van der Waals surface area contributed by atoms with E-state index >= 15 is 0 Å². The summed E-state index contributed by atoms with van der Waals surface area (Å²) in [5.41, 5.74) is 7.36. The van der Waals surface area contributed by atoms with Gasteiger partial charge in [0.2, 0.25) is 11.8 Å². The van der Waals surface area contributed by atoms with Gasteiger partial charge < -0.3 is 4.74 Å². The monoisotopic (exact) mass is 465 g/mol. The topological polar surface area (TPSA) is 61.8 Å². The Bertz CT molecular complexity index is 1400. The molecule has 5 rings (SSSR count). The van der Waals surface area contributed by atoms with Crippen LogP contribution in [0.5, 0.6) is 0 Å². The van der Waals surface area contributed by atoms with Gasteiger partial charge in [-0.25, -0.2) is 0 Å². The van der Waals surface area contributed by atoms with Crippen molar-refractivity contribution < 1.29 is 9.13 Å². The van der Waals surface area contributed by atoms with Crippen molar-refractivity contribution in [1.29, 1.82) is 5.41 Å². The number of hydrogen-bond donors (Lipinski definition) is 2. The summed E-state index contributed by atoms with van der Waals surface area (Å²) in [7, 11) is 0. The van der Waals surface area contributed by atoms with Crippen LogP contribution in [-0.2, 0) is 4.74 Å². The van der Waals surface area contributed by atoms with Crippen LogP contribution in [-0.4, -0.2) is 22.7 Å². The SMILES string of the molecule is CCOC(=N)/C=C/c1ccc(/C(=C(\c2ccccc2)C2CCC2)c2ccc3[nH]nc(F)c3c2)cc1. The Balaban J connectivity index is 1.66. The van der Waals surface area contributed by atoms with Gasteiger partial charge in [0.15, 0.2) is 0 Å². The number of halogens is 1. The van der Waals surface area contributed by atoms with E-state index in [-0.39, 0.29) is 5.90 Å². The van der Waals surface area contributed by atoms with Gasteiger partial charge in [-0.15, -0.1) is 5.10 Å². The lowest BCUT2D eigenvalue weighted by atomic mass is 9.73. The molecular formula is C30H28FN3O. The molecule has 0 saturated heterocycles. The third-order valence-electron chi connectivity index (χ3n) is 6.60. The molecule has 1 aliphatic carbocycles. The number of rotatable bonds is 7. The maximum Gasteiger partial charge on any atom is 0.240 e. The van der Waals surface area contributed by atoms with Crippen LogP contribution in [0.1, 0.15) is 48.4 Å².